The number of aryl methyl sites for hydroxylation is 1. The molecule has 1 saturated heterocycles. The largest absolute Gasteiger partial charge is 0.497 e. The first-order chi connectivity index (χ1) is 11.1. The van der Waals surface area contributed by atoms with Gasteiger partial charge in [-0.25, -0.2) is 4.98 Å². The van der Waals surface area contributed by atoms with Crippen LogP contribution in [-0.4, -0.2) is 48.4 Å². The lowest BCUT2D eigenvalue weighted by atomic mass is 10.2. The van der Waals surface area contributed by atoms with Crippen molar-refractivity contribution in [1.82, 2.24) is 15.2 Å². The molecule has 2 amide bonds. The fourth-order valence-corrected chi connectivity index (χ4v) is 3.46. The van der Waals surface area contributed by atoms with Crippen molar-refractivity contribution in [2.75, 3.05) is 26.7 Å². The van der Waals surface area contributed by atoms with Crippen molar-refractivity contribution in [3.8, 4) is 16.3 Å². The number of carbonyl (C=O) groups excluding carboxylic acids is 2. The second-order valence-electron chi connectivity index (χ2n) is 5.24. The summed E-state index contributed by atoms with van der Waals surface area (Å²) in [6.45, 7) is 2.93. The zero-order valence-corrected chi connectivity index (χ0v) is 13.8. The first-order valence-electron chi connectivity index (χ1n) is 7.26. The molecule has 23 heavy (non-hydrogen) atoms. The second-order valence-corrected chi connectivity index (χ2v) is 6.24. The van der Waals surface area contributed by atoms with Gasteiger partial charge < -0.3 is 15.0 Å². The van der Waals surface area contributed by atoms with Crippen LogP contribution in [0.2, 0.25) is 0 Å². The average Bonchev–Trinajstić information content (AvgIpc) is 2.96. The molecule has 120 valence electrons. The van der Waals surface area contributed by atoms with Crippen LogP contribution >= 0.6 is 11.3 Å². The van der Waals surface area contributed by atoms with Gasteiger partial charge in [0.2, 0.25) is 5.91 Å². The van der Waals surface area contributed by atoms with Crippen LogP contribution in [0.4, 0.5) is 0 Å². The minimum Gasteiger partial charge on any atom is -0.497 e. The Kier molecular flexibility index (Phi) is 4.29. The Hall–Kier alpha value is -2.41. The SMILES string of the molecule is COc1cccc(-c2nc(C)c(C(=O)N3CCNC(=O)C3)s2)c1. The summed E-state index contributed by atoms with van der Waals surface area (Å²) in [5.74, 6) is 0.486. The number of hydrogen-bond donors (Lipinski definition) is 1. The molecule has 0 radical (unpaired) electrons. The maximum Gasteiger partial charge on any atom is 0.266 e. The molecule has 0 unspecified atom stereocenters. The van der Waals surface area contributed by atoms with Gasteiger partial charge in [-0.05, 0) is 19.1 Å². The van der Waals surface area contributed by atoms with Crippen LogP contribution in [0.3, 0.4) is 0 Å². The number of nitrogens with one attached hydrogen (secondary N) is 1. The maximum absolute atomic E-state index is 12.6. The number of aromatic nitrogens is 1. The van der Waals surface area contributed by atoms with Crippen LogP contribution in [0.15, 0.2) is 24.3 Å². The quantitative estimate of drug-likeness (QED) is 0.929. The van der Waals surface area contributed by atoms with E-state index >= 15 is 0 Å². The number of amides is 2. The molecule has 1 aromatic carbocycles. The monoisotopic (exact) mass is 331 g/mol. The number of rotatable bonds is 3. The molecule has 7 heteroatoms. The molecule has 3 rings (SSSR count). The molecule has 2 heterocycles. The van der Waals surface area contributed by atoms with Crippen LogP contribution in [0, 0.1) is 6.92 Å². The smallest absolute Gasteiger partial charge is 0.266 e. The van der Waals surface area contributed by atoms with Crippen LogP contribution in [0.25, 0.3) is 10.6 Å². The molecule has 0 saturated carbocycles. The van der Waals surface area contributed by atoms with Gasteiger partial charge in [0.1, 0.15) is 15.6 Å². The Morgan fingerprint density at radius 3 is 3.00 bits per heavy atom. The molecule has 6 nitrogen and oxygen atoms in total. The van der Waals surface area contributed by atoms with Crippen molar-refractivity contribution in [2.24, 2.45) is 0 Å². The van der Waals surface area contributed by atoms with Crippen LogP contribution in [-0.2, 0) is 4.79 Å². The standard InChI is InChI=1S/C16H17N3O3S/c1-10-14(16(21)19-7-6-17-13(20)9-19)23-15(18-10)11-4-3-5-12(8-11)22-2/h3-5,8H,6-7,9H2,1-2H3,(H,17,20). The minimum absolute atomic E-state index is 0.102. The molecule has 0 atom stereocenters. The Morgan fingerprint density at radius 1 is 1.43 bits per heavy atom. The molecule has 2 aromatic rings. The normalized spacial score (nSPS) is 14.5. The minimum atomic E-state index is -0.135. The van der Waals surface area contributed by atoms with Gasteiger partial charge in [-0.15, -0.1) is 11.3 Å². The van der Waals surface area contributed by atoms with E-state index in [0.717, 1.165) is 16.3 Å². The van der Waals surface area contributed by atoms with Crippen molar-refractivity contribution in [1.29, 1.82) is 0 Å². The molecule has 1 aromatic heterocycles. The molecule has 1 fully saturated rings. The van der Waals surface area contributed by atoms with E-state index in [0.29, 0.717) is 23.7 Å². The highest BCUT2D eigenvalue weighted by Crippen LogP contribution is 2.30. The van der Waals surface area contributed by atoms with Crippen LogP contribution < -0.4 is 10.1 Å². The highest BCUT2D eigenvalue weighted by Gasteiger charge is 2.26. The number of methoxy groups -OCH3 is 1. The van der Waals surface area contributed by atoms with E-state index in [2.05, 4.69) is 10.3 Å². The van der Waals surface area contributed by atoms with E-state index < -0.39 is 0 Å². The summed E-state index contributed by atoms with van der Waals surface area (Å²) in [5.41, 5.74) is 1.59. The molecule has 0 spiro atoms. The van der Waals surface area contributed by atoms with Gasteiger partial charge in [0.05, 0.1) is 19.3 Å². The summed E-state index contributed by atoms with van der Waals surface area (Å²) >= 11 is 1.35. The number of carbonyl (C=O) groups is 2. The van der Waals surface area contributed by atoms with E-state index in [1.54, 1.807) is 12.0 Å². The number of piperazine rings is 1. The van der Waals surface area contributed by atoms with E-state index in [-0.39, 0.29) is 18.4 Å². The predicted molar refractivity (Wildman–Crippen MR) is 87.8 cm³/mol. The van der Waals surface area contributed by atoms with Crippen molar-refractivity contribution in [3.05, 3.63) is 34.8 Å². The van der Waals surface area contributed by atoms with E-state index in [4.69, 9.17) is 4.74 Å². The molecule has 0 bridgehead atoms. The van der Waals surface area contributed by atoms with Gasteiger partial charge in [-0.2, -0.15) is 0 Å². The molecule has 1 N–H and O–H groups in total. The van der Waals surface area contributed by atoms with Crippen molar-refractivity contribution in [3.63, 3.8) is 0 Å². The summed E-state index contributed by atoms with van der Waals surface area (Å²) in [6, 6.07) is 7.58. The lowest BCUT2D eigenvalue weighted by molar-refractivity contribution is -0.123. The van der Waals surface area contributed by atoms with Crippen molar-refractivity contribution < 1.29 is 14.3 Å². The number of thiazole rings is 1. The molecule has 0 aliphatic carbocycles. The lowest BCUT2D eigenvalue weighted by Gasteiger charge is -2.26. The van der Waals surface area contributed by atoms with Gasteiger partial charge in [0.25, 0.3) is 5.91 Å². The average molecular weight is 331 g/mol. The zero-order chi connectivity index (χ0) is 16.4. The molecule has 1 aliphatic heterocycles. The van der Waals surface area contributed by atoms with Crippen LogP contribution in [0.5, 0.6) is 5.75 Å². The highest BCUT2D eigenvalue weighted by atomic mass is 32.1. The Balaban J connectivity index is 1.88. The first kappa shape index (κ1) is 15.5. The summed E-state index contributed by atoms with van der Waals surface area (Å²) in [5, 5.41) is 3.49. The fourth-order valence-electron chi connectivity index (χ4n) is 2.43. The number of benzene rings is 1. The van der Waals surface area contributed by atoms with Gasteiger partial charge in [-0.3, -0.25) is 9.59 Å². The number of nitrogens with zero attached hydrogens (tertiary/aromatic N) is 2. The first-order valence-corrected chi connectivity index (χ1v) is 8.08. The Bertz CT molecular complexity index is 757. The van der Waals surface area contributed by atoms with Gasteiger partial charge >= 0.3 is 0 Å². The second kappa shape index (κ2) is 6.37. The third-order valence-electron chi connectivity index (χ3n) is 3.63. The maximum atomic E-state index is 12.6. The predicted octanol–water partition coefficient (Wildman–Crippen LogP) is 1.70. The summed E-state index contributed by atoms with van der Waals surface area (Å²) in [7, 11) is 1.61. The topological polar surface area (TPSA) is 71.5 Å². The van der Waals surface area contributed by atoms with Crippen molar-refractivity contribution in [2.45, 2.75) is 6.92 Å². The van der Waals surface area contributed by atoms with E-state index in [1.807, 2.05) is 31.2 Å². The Labute approximate surface area is 138 Å². The fraction of sp³-hybridized carbons (Fsp3) is 0.312. The van der Waals surface area contributed by atoms with Gasteiger partial charge in [0, 0.05) is 18.7 Å². The third kappa shape index (κ3) is 3.19. The Morgan fingerprint density at radius 2 is 2.26 bits per heavy atom. The highest BCUT2D eigenvalue weighted by molar-refractivity contribution is 7.17. The van der Waals surface area contributed by atoms with E-state index in [1.165, 1.54) is 11.3 Å². The summed E-state index contributed by atoms with van der Waals surface area (Å²) in [6.07, 6.45) is 0. The number of ether oxygens (including phenoxy) is 1. The van der Waals surface area contributed by atoms with Crippen molar-refractivity contribution >= 4 is 23.2 Å². The lowest BCUT2D eigenvalue weighted by Crippen LogP contribution is -2.49. The van der Waals surface area contributed by atoms with Crippen LogP contribution in [0.1, 0.15) is 15.4 Å². The zero-order valence-electron chi connectivity index (χ0n) is 13.0. The summed E-state index contributed by atoms with van der Waals surface area (Å²) < 4.78 is 5.23. The van der Waals surface area contributed by atoms with Gasteiger partial charge in [-0.1, -0.05) is 12.1 Å². The van der Waals surface area contributed by atoms with E-state index in [9.17, 15) is 9.59 Å². The number of hydrogen-bond acceptors (Lipinski definition) is 5. The third-order valence-corrected chi connectivity index (χ3v) is 4.83. The molecule has 1 aliphatic rings. The van der Waals surface area contributed by atoms with Gasteiger partial charge in [0.15, 0.2) is 0 Å². The molecular formula is C16H17N3O3S. The summed E-state index contributed by atoms with van der Waals surface area (Å²) in [4.78, 5) is 30.7. The molecular weight excluding hydrogens is 314 g/mol.